The van der Waals surface area contributed by atoms with Crippen LogP contribution in [0, 0.1) is 17.3 Å². The predicted octanol–water partition coefficient (Wildman–Crippen LogP) is 3.69. The van der Waals surface area contributed by atoms with Crippen molar-refractivity contribution < 1.29 is 28.6 Å². The van der Waals surface area contributed by atoms with E-state index in [4.69, 9.17) is 14.2 Å². The number of allylic oxidation sites excluding steroid dienone is 2. The fourth-order valence-corrected chi connectivity index (χ4v) is 3.15. The Kier molecular flexibility index (Phi) is 16.3. The van der Waals surface area contributed by atoms with E-state index in [1.165, 1.54) is 18.2 Å². The maximum absolute atomic E-state index is 11.6. The standard InChI is InChI=1S/C26H43NO6/c1-8-23(28)12-20(5)14-31-17-26(11-4,18-32-15-21(6)13-24(29)9-2)19-33-16-22(7)27-25(30)10-3/h8-10,20-22H,1-3,11-19H2,4-7H3,(H,27,30). The molecule has 0 aromatic carbocycles. The molecule has 33 heavy (non-hydrogen) atoms. The Labute approximate surface area is 199 Å². The summed E-state index contributed by atoms with van der Waals surface area (Å²) in [5.41, 5.74) is -0.396. The number of rotatable bonds is 21. The van der Waals surface area contributed by atoms with Gasteiger partial charge in [-0.3, -0.25) is 14.4 Å². The topological polar surface area (TPSA) is 90.9 Å². The number of carbonyl (C=O) groups excluding carboxylic acids is 3. The smallest absolute Gasteiger partial charge is 0.243 e. The summed E-state index contributed by atoms with van der Waals surface area (Å²) in [5.74, 6) is -0.0983. The van der Waals surface area contributed by atoms with Crippen molar-refractivity contribution in [3.05, 3.63) is 38.0 Å². The van der Waals surface area contributed by atoms with Crippen LogP contribution in [0.1, 0.15) is 47.0 Å². The molecule has 1 N–H and O–H groups in total. The van der Waals surface area contributed by atoms with E-state index in [0.29, 0.717) is 52.5 Å². The Balaban J connectivity index is 4.92. The van der Waals surface area contributed by atoms with Gasteiger partial charge in [0, 0.05) is 37.5 Å². The summed E-state index contributed by atoms with van der Waals surface area (Å²) in [6.07, 6.45) is 5.43. The van der Waals surface area contributed by atoms with Crippen LogP contribution in [-0.4, -0.2) is 63.2 Å². The van der Waals surface area contributed by atoms with Gasteiger partial charge in [-0.1, -0.05) is 40.5 Å². The lowest BCUT2D eigenvalue weighted by atomic mass is 9.87. The van der Waals surface area contributed by atoms with Gasteiger partial charge < -0.3 is 19.5 Å². The molecule has 3 unspecified atom stereocenters. The zero-order chi connectivity index (χ0) is 25.3. The Morgan fingerprint density at radius 2 is 1.21 bits per heavy atom. The highest BCUT2D eigenvalue weighted by Gasteiger charge is 2.31. The summed E-state index contributed by atoms with van der Waals surface area (Å²) in [7, 11) is 0. The molecule has 0 rings (SSSR count). The van der Waals surface area contributed by atoms with Gasteiger partial charge in [0.1, 0.15) is 0 Å². The molecule has 0 radical (unpaired) electrons. The third kappa shape index (κ3) is 14.6. The first kappa shape index (κ1) is 30.9. The fraction of sp³-hybridized carbons (Fsp3) is 0.654. The molecule has 0 aliphatic heterocycles. The Hall–Kier alpha value is -2.09. The predicted molar refractivity (Wildman–Crippen MR) is 131 cm³/mol. The summed E-state index contributed by atoms with van der Waals surface area (Å²) >= 11 is 0. The van der Waals surface area contributed by atoms with Crippen molar-refractivity contribution in [2.75, 3.05) is 39.6 Å². The van der Waals surface area contributed by atoms with Crippen LogP contribution in [0.4, 0.5) is 0 Å². The van der Waals surface area contributed by atoms with Crippen LogP contribution >= 0.6 is 0 Å². The average Bonchev–Trinajstić information content (AvgIpc) is 2.78. The first-order chi connectivity index (χ1) is 15.6. The first-order valence-electron chi connectivity index (χ1n) is 11.6. The molecule has 0 aliphatic carbocycles. The lowest BCUT2D eigenvalue weighted by Crippen LogP contribution is -2.40. The van der Waals surface area contributed by atoms with Gasteiger partial charge in [0.15, 0.2) is 11.6 Å². The van der Waals surface area contributed by atoms with E-state index < -0.39 is 5.41 Å². The second-order valence-electron chi connectivity index (χ2n) is 8.97. The highest BCUT2D eigenvalue weighted by Crippen LogP contribution is 2.25. The largest absolute Gasteiger partial charge is 0.380 e. The zero-order valence-corrected chi connectivity index (χ0v) is 20.9. The maximum Gasteiger partial charge on any atom is 0.243 e. The second-order valence-corrected chi connectivity index (χ2v) is 8.97. The number of nitrogens with one attached hydrogen (secondary N) is 1. The Morgan fingerprint density at radius 3 is 1.58 bits per heavy atom. The molecule has 0 saturated heterocycles. The van der Waals surface area contributed by atoms with Gasteiger partial charge in [0.2, 0.25) is 5.91 Å². The summed E-state index contributed by atoms with van der Waals surface area (Å²) in [6, 6.07) is -0.165. The van der Waals surface area contributed by atoms with Crippen molar-refractivity contribution in [1.82, 2.24) is 5.32 Å². The lowest BCUT2D eigenvalue weighted by Gasteiger charge is -2.33. The first-order valence-corrected chi connectivity index (χ1v) is 11.6. The second kappa shape index (κ2) is 17.4. The molecule has 1 amide bonds. The summed E-state index contributed by atoms with van der Waals surface area (Å²) in [6.45, 7) is 20.7. The van der Waals surface area contributed by atoms with Crippen LogP contribution in [-0.2, 0) is 28.6 Å². The van der Waals surface area contributed by atoms with E-state index in [0.717, 1.165) is 6.42 Å². The van der Waals surface area contributed by atoms with Gasteiger partial charge in [-0.2, -0.15) is 0 Å². The van der Waals surface area contributed by atoms with E-state index in [1.807, 2.05) is 27.7 Å². The number of hydrogen-bond donors (Lipinski definition) is 1. The lowest BCUT2D eigenvalue weighted by molar-refractivity contribution is -0.118. The van der Waals surface area contributed by atoms with Gasteiger partial charge in [-0.25, -0.2) is 0 Å². The summed E-state index contributed by atoms with van der Waals surface area (Å²) in [4.78, 5) is 34.6. The van der Waals surface area contributed by atoms with Gasteiger partial charge in [-0.05, 0) is 43.4 Å². The van der Waals surface area contributed by atoms with E-state index >= 15 is 0 Å². The summed E-state index contributed by atoms with van der Waals surface area (Å²) in [5, 5.41) is 2.77. The quantitative estimate of drug-likeness (QED) is 0.260. The molecular weight excluding hydrogens is 422 g/mol. The normalized spacial score (nSPS) is 15.5. The highest BCUT2D eigenvalue weighted by atomic mass is 16.5. The minimum atomic E-state index is -0.396. The number of ketones is 2. The zero-order valence-electron chi connectivity index (χ0n) is 20.9. The average molecular weight is 466 g/mol. The molecule has 0 spiro atoms. The van der Waals surface area contributed by atoms with Crippen LogP contribution in [0.2, 0.25) is 0 Å². The molecule has 7 heteroatoms. The fourth-order valence-electron chi connectivity index (χ4n) is 3.15. The molecule has 0 aromatic heterocycles. The molecule has 188 valence electrons. The SMILES string of the molecule is C=CC(=O)CC(C)COCC(CC)(COCC(C)CC(=O)C=C)COCC(C)NC(=O)C=C. The highest BCUT2D eigenvalue weighted by molar-refractivity contribution is 5.89. The number of amides is 1. The van der Waals surface area contributed by atoms with E-state index in [9.17, 15) is 14.4 Å². The molecule has 0 bridgehead atoms. The molecule has 0 aromatic rings. The van der Waals surface area contributed by atoms with Crippen LogP contribution < -0.4 is 5.32 Å². The molecule has 0 fully saturated rings. The van der Waals surface area contributed by atoms with Crippen LogP contribution in [0.3, 0.4) is 0 Å². The minimum absolute atomic E-state index is 0.00172. The molecule has 3 atom stereocenters. The van der Waals surface area contributed by atoms with E-state index in [-0.39, 0.29) is 35.4 Å². The van der Waals surface area contributed by atoms with Crippen molar-refractivity contribution in [3.8, 4) is 0 Å². The van der Waals surface area contributed by atoms with Gasteiger partial charge in [-0.15, -0.1) is 0 Å². The third-order valence-electron chi connectivity index (χ3n) is 5.28. The monoisotopic (exact) mass is 465 g/mol. The van der Waals surface area contributed by atoms with Crippen LogP contribution in [0.15, 0.2) is 38.0 Å². The van der Waals surface area contributed by atoms with E-state index in [1.54, 1.807) is 0 Å². The number of hydrogen-bond acceptors (Lipinski definition) is 6. The molecular formula is C26H43NO6. The van der Waals surface area contributed by atoms with Gasteiger partial charge in [0.05, 0.1) is 26.4 Å². The van der Waals surface area contributed by atoms with Crippen molar-refractivity contribution in [2.24, 2.45) is 17.3 Å². The maximum atomic E-state index is 11.6. The van der Waals surface area contributed by atoms with Crippen molar-refractivity contribution in [3.63, 3.8) is 0 Å². The van der Waals surface area contributed by atoms with Crippen molar-refractivity contribution >= 4 is 17.5 Å². The summed E-state index contributed by atoms with van der Waals surface area (Å²) < 4.78 is 17.9. The molecule has 7 nitrogen and oxygen atoms in total. The Bertz CT molecular complexity index is 561. The van der Waals surface area contributed by atoms with Gasteiger partial charge >= 0.3 is 0 Å². The van der Waals surface area contributed by atoms with Crippen molar-refractivity contribution in [1.29, 1.82) is 0 Å². The van der Waals surface area contributed by atoms with E-state index in [2.05, 4.69) is 25.1 Å². The van der Waals surface area contributed by atoms with Crippen molar-refractivity contribution in [2.45, 2.75) is 53.0 Å². The van der Waals surface area contributed by atoms with Crippen LogP contribution in [0.25, 0.3) is 0 Å². The Morgan fingerprint density at radius 1 is 0.788 bits per heavy atom. The molecule has 0 heterocycles. The molecule has 0 aliphatic rings. The third-order valence-corrected chi connectivity index (χ3v) is 5.28. The van der Waals surface area contributed by atoms with Crippen LogP contribution in [0.5, 0.6) is 0 Å². The number of carbonyl (C=O) groups is 3. The minimum Gasteiger partial charge on any atom is -0.380 e. The number of ether oxygens (including phenoxy) is 3. The van der Waals surface area contributed by atoms with Gasteiger partial charge in [0.25, 0.3) is 0 Å². The molecule has 0 saturated carbocycles.